The molecule has 1 aromatic heterocycles. The topological polar surface area (TPSA) is 65.5 Å². The number of aromatic amines is 1. The van der Waals surface area contributed by atoms with Crippen LogP contribution < -0.4 is 5.56 Å². The summed E-state index contributed by atoms with van der Waals surface area (Å²) in [5.41, 5.74) is 2.52. The van der Waals surface area contributed by atoms with Crippen LogP contribution in [0.25, 0.3) is 22.0 Å². The second kappa shape index (κ2) is 8.70. The molecule has 1 atom stereocenters. The summed E-state index contributed by atoms with van der Waals surface area (Å²) < 4.78 is 14.8. The van der Waals surface area contributed by atoms with E-state index in [4.69, 9.17) is 23.2 Å². The maximum atomic E-state index is 14.8. The number of nitrogens with zero attached hydrogens (tertiary/aromatic N) is 2. The molecule has 8 heteroatoms. The molecule has 1 amide bonds. The van der Waals surface area contributed by atoms with Gasteiger partial charge in [-0.1, -0.05) is 59.6 Å². The van der Waals surface area contributed by atoms with Crippen molar-refractivity contribution in [1.29, 1.82) is 0 Å². The van der Waals surface area contributed by atoms with Crippen LogP contribution in [0.5, 0.6) is 0 Å². The first-order chi connectivity index (χ1) is 16.3. The summed E-state index contributed by atoms with van der Waals surface area (Å²) in [4.78, 5) is 28.8. The Morgan fingerprint density at radius 3 is 2.53 bits per heavy atom. The highest BCUT2D eigenvalue weighted by atomic mass is 35.5. The lowest BCUT2D eigenvalue weighted by molar-refractivity contribution is -0.130. The molecule has 2 heterocycles. The second-order valence-electron chi connectivity index (χ2n) is 8.03. The third-order valence-electron chi connectivity index (χ3n) is 5.89. The molecule has 3 aromatic carbocycles. The lowest BCUT2D eigenvalue weighted by atomic mass is 9.91. The third-order valence-corrected chi connectivity index (χ3v) is 6.46. The number of hydrogen-bond acceptors (Lipinski definition) is 3. The molecule has 0 fully saturated rings. The van der Waals surface area contributed by atoms with Gasteiger partial charge in [-0.05, 0) is 35.9 Å². The summed E-state index contributed by atoms with van der Waals surface area (Å²) in [7, 11) is 0. The molecule has 1 N–H and O–H groups in total. The van der Waals surface area contributed by atoms with Crippen molar-refractivity contribution in [1.82, 2.24) is 9.99 Å². The van der Waals surface area contributed by atoms with Crippen LogP contribution in [-0.2, 0) is 4.79 Å². The lowest BCUT2D eigenvalue weighted by Gasteiger charge is -2.21. The molecular weight excluding hydrogens is 476 g/mol. The molecule has 0 bridgehead atoms. The largest absolute Gasteiger partial charge is 0.321 e. The number of fused-ring (bicyclic) bond motifs is 1. The molecule has 0 spiro atoms. The Balaban J connectivity index is 1.76. The Morgan fingerprint density at radius 2 is 1.82 bits per heavy atom. The van der Waals surface area contributed by atoms with Crippen molar-refractivity contribution < 1.29 is 9.18 Å². The Hall–Kier alpha value is -3.48. The van der Waals surface area contributed by atoms with E-state index in [1.54, 1.807) is 24.3 Å². The number of carbonyl (C=O) groups is 1. The number of halogens is 3. The number of pyridine rings is 1. The average Bonchev–Trinajstić information content (AvgIpc) is 3.24. The van der Waals surface area contributed by atoms with Gasteiger partial charge in [-0.25, -0.2) is 9.40 Å². The van der Waals surface area contributed by atoms with Gasteiger partial charge in [0.2, 0.25) is 5.91 Å². The van der Waals surface area contributed by atoms with E-state index in [-0.39, 0.29) is 28.5 Å². The number of rotatable bonds is 3. The normalized spacial score (nSPS) is 15.6. The molecule has 0 saturated carbocycles. The molecule has 0 radical (unpaired) electrons. The predicted molar refractivity (Wildman–Crippen MR) is 133 cm³/mol. The summed E-state index contributed by atoms with van der Waals surface area (Å²) in [6, 6.07) is 18.2. The van der Waals surface area contributed by atoms with Crippen molar-refractivity contribution >= 4 is 45.7 Å². The van der Waals surface area contributed by atoms with E-state index in [0.717, 1.165) is 10.9 Å². The zero-order chi connectivity index (χ0) is 24.0. The highest BCUT2D eigenvalue weighted by Gasteiger charge is 2.36. The first-order valence-electron chi connectivity index (χ1n) is 10.6. The fraction of sp³-hybridized carbons (Fsp3) is 0.115. The highest BCUT2D eigenvalue weighted by molar-refractivity contribution is 6.32. The zero-order valence-corrected chi connectivity index (χ0v) is 19.5. The quantitative estimate of drug-likeness (QED) is 0.361. The van der Waals surface area contributed by atoms with Crippen molar-refractivity contribution in [2.24, 2.45) is 5.10 Å². The molecule has 0 saturated heterocycles. The number of hydrogen-bond donors (Lipinski definition) is 1. The Morgan fingerprint density at radius 1 is 1.06 bits per heavy atom. The minimum Gasteiger partial charge on any atom is -0.321 e. The number of H-pyrrole nitrogens is 1. The summed E-state index contributed by atoms with van der Waals surface area (Å²) in [5.74, 6) is -0.927. The van der Waals surface area contributed by atoms with Gasteiger partial charge in [0.05, 0.1) is 17.3 Å². The monoisotopic (exact) mass is 493 g/mol. The standard InChI is InChI=1S/C26H18Cl2FN3O2/c1-14(33)32-22(24-18(28)8-5-9-19(24)29)13-21(31-32)25-23(15-6-3-2-4-7-15)17-12-16(27)10-11-20(17)30-26(25)34/h2-12,22H,13H2,1H3,(H,30,34)/t22-/m1/s1. The Labute approximate surface area is 204 Å². The summed E-state index contributed by atoms with van der Waals surface area (Å²) in [6.07, 6.45) is 0.120. The summed E-state index contributed by atoms with van der Waals surface area (Å²) >= 11 is 12.6. The molecule has 170 valence electrons. The Bertz CT molecular complexity index is 1510. The van der Waals surface area contributed by atoms with E-state index in [0.29, 0.717) is 27.4 Å². The molecule has 0 aliphatic carbocycles. The van der Waals surface area contributed by atoms with E-state index in [1.807, 2.05) is 30.3 Å². The van der Waals surface area contributed by atoms with Crippen LogP contribution >= 0.6 is 23.2 Å². The maximum absolute atomic E-state index is 14.8. The van der Waals surface area contributed by atoms with E-state index in [1.165, 1.54) is 24.1 Å². The van der Waals surface area contributed by atoms with Gasteiger partial charge < -0.3 is 4.98 Å². The van der Waals surface area contributed by atoms with E-state index < -0.39 is 11.9 Å². The number of nitrogens with one attached hydrogen (secondary N) is 1. The number of amides is 1. The first-order valence-corrected chi connectivity index (χ1v) is 11.3. The van der Waals surface area contributed by atoms with Gasteiger partial charge in [0.25, 0.3) is 5.56 Å². The van der Waals surface area contributed by atoms with Crippen LogP contribution in [0.3, 0.4) is 0 Å². The first kappa shape index (κ1) is 22.3. The van der Waals surface area contributed by atoms with Crippen LogP contribution in [-0.4, -0.2) is 21.6 Å². The van der Waals surface area contributed by atoms with Gasteiger partial charge in [-0.2, -0.15) is 5.10 Å². The molecular formula is C26H18Cl2FN3O2. The molecule has 5 nitrogen and oxygen atoms in total. The number of aromatic nitrogens is 1. The van der Waals surface area contributed by atoms with Gasteiger partial charge >= 0.3 is 0 Å². The fourth-order valence-electron chi connectivity index (χ4n) is 4.45. The van der Waals surface area contributed by atoms with E-state index in [2.05, 4.69) is 10.1 Å². The molecule has 4 aromatic rings. The summed E-state index contributed by atoms with van der Waals surface area (Å²) in [5, 5.41) is 7.12. The van der Waals surface area contributed by atoms with Gasteiger partial charge in [-0.15, -0.1) is 0 Å². The molecule has 0 unspecified atom stereocenters. The highest BCUT2D eigenvalue weighted by Crippen LogP contribution is 2.40. The third kappa shape index (κ3) is 3.79. The number of hydrazone groups is 1. The van der Waals surface area contributed by atoms with Crippen molar-refractivity contribution in [2.45, 2.75) is 19.4 Å². The van der Waals surface area contributed by atoms with Crippen molar-refractivity contribution in [3.63, 3.8) is 0 Å². The van der Waals surface area contributed by atoms with Crippen LogP contribution in [0.2, 0.25) is 10.0 Å². The maximum Gasteiger partial charge on any atom is 0.258 e. The number of benzene rings is 3. The SMILES string of the molecule is CC(=O)N1N=C(c2c(-c3ccccc3)c3cc(Cl)ccc3[nH]c2=O)C[C@@H]1c1c(F)cccc1Cl. The van der Waals surface area contributed by atoms with Gasteiger partial charge in [-0.3, -0.25) is 9.59 Å². The van der Waals surface area contributed by atoms with Crippen molar-refractivity contribution in [3.8, 4) is 11.1 Å². The van der Waals surface area contributed by atoms with Gasteiger partial charge in [0.1, 0.15) is 5.82 Å². The minimum atomic E-state index is -0.778. The number of carbonyl (C=O) groups excluding carboxylic acids is 1. The summed E-state index contributed by atoms with van der Waals surface area (Å²) in [6.45, 7) is 1.34. The zero-order valence-electron chi connectivity index (χ0n) is 18.0. The van der Waals surface area contributed by atoms with Crippen LogP contribution in [0.15, 0.2) is 76.6 Å². The van der Waals surface area contributed by atoms with Crippen LogP contribution in [0, 0.1) is 5.82 Å². The van der Waals surface area contributed by atoms with E-state index >= 15 is 0 Å². The smallest absolute Gasteiger partial charge is 0.258 e. The fourth-order valence-corrected chi connectivity index (χ4v) is 4.91. The molecule has 34 heavy (non-hydrogen) atoms. The van der Waals surface area contributed by atoms with Gasteiger partial charge in [0, 0.05) is 45.4 Å². The van der Waals surface area contributed by atoms with Crippen molar-refractivity contribution in [3.05, 3.63) is 104 Å². The predicted octanol–water partition coefficient (Wildman–Crippen LogP) is 6.34. The molecule has 5 rings (SSSR count). The molecule has 1 aliphatic heterocycles. The minimum absolute atomic E-state index is 0.120. The lowest BCUT2D eigenvalue weighted by Crippen LogP contribution is -2.25. The van der Waals surface area contributed by atoms with Crippen LogP contribution in [0.4, 0.5) is 4.39 Å². The van der Waals surface area contributed by atoms with Gasteiger partial charge in [0.15, 0.2) is 0 Å². The Kier molecular flexibility index (Phi) is 5.71. The average molecular weight is 494 g/mol. The second-order valence-corrected chi connectivity index (χ2v) is 8.87. The molecule has 1 aliphatic rings. The van der Waals surface area contributed by atoms with Crippen molar-refractivity contribution in [2.75, 3.05) is 0 Å². The van der Waals surface area contributed by atoms with Crippen LogP contribution in [0.1, 0.15) is 30.5 Å². The van der Waals surface area contributed by atoms with E-state index in [9.17, 15) is 14.0 Å².